The van der Waals surface area contributed by atoms with Gasteiger partial charge in [-0.2, -0.15) is 13.2 Å². The van der Waals surface area contributed by atoms with Gasteiger partial charge < -0.3 is 23.7 Å². The molecule has 1 heterocycles. The molecule has 1 aliphatic rings. The summed E-state index contributed by atoms with van der Waals surface area (Å²) < 4.78 is 65.1. The first kappa shape index (κ1) is 16.7. The summed E-state index contributed by atoms with van der Waals surface area (Å²) >= 11 is 0. The molecule has 0 unspecified atom stereocenters. The van der Waals surface area contributed by atoms with E-state index in [1.165, 1.54) is 33.5 Å². The van der Waals surface area contributed by atoms with Crippen molar-refractivity contribution in [2.24, 2.45) is 0 Å². The van der Waals surface area contributed by atoms with Crippen molar-refractivity contribution >= 4 is 0 Å². The Morgan fingerprint density at radius 2 is 1.77 bits per heavy atom. The molecular formula is C14H17F3O5. The van der Waals surface area contributed by atoms with E-state index in [-0.39, 0.29) is 35.5 Å². The van der Waals surface area contributed by atoms with Crippen LogP contribution in [0.2, 0.25) is 0 Å². The van der Waals surface area contributed by atoms with E-state index in [1.807, 2.05) is 0 Å². The molecule has 124 valence electrons. The van der Waals surface area contributed by atoms with Crippen molar-refractivity contribution in [1.29, 1.82) is 0 Å². The molecular weight excluding hydrogens is 305 g/mol. The van der Waals surface area contributed by atoms with E-state index in [0.717, 1.165) is 0 Å². The predicted octanol–water partition coefficient (Wildman–Crippen LogP) is 2.73. The molecule has 0 amide bonds. The monoisotopic (exact) mass is 322 g/mol. The van der Waals surface area contributed by atoms with Crippen LogP contribution in [-0.4, -0.2) is 46.8 Å². The van der Waals surface area contributed by atoms with Gasteiger partial charge in [0.05, 0.1) is 34.5 Å². The lowest BCUT2D eigenvalue weighted by atomic mass is 10.1. The molecule has 0 radical (unpaired) electrons. The van der Waals surface area contributed by atoms with Crippen molar-refractivity contribution in [2.45, 2.75) is 18.4 Å². The van der Waals surface area contributed by atoms with Crippen LogP contribution >= 0.6 is 0 Å². The van der Waals surface area contributed by atoms with Crippen LogP contribution in [0.4, 0.5) is 13.2 Å². The highest BCUT2D eigenvalue weighted by Crippen LogP contribution is 2.47. The number of methoxy groups -OCH3 is 3. The van der Waals surface area contributed by atoms with Gasteiger partial charge in [-0.25, -0.2) is 0 Å². The Balaban J connectivity index is 2.40. The fourth-order valence-electron chi connectivity index (χ4n) is 2.06. The SMILES string of the molecule is COc1ccc([C@@H](OC[C@H]2CO2)C(F)(F)F)c(OC)c1OC. The van der Waals surface area contributed by atoms with Crippen LogP contribution in [0.5, 0.6) is 17.2 Å². The van der Waals surface area contributed by atoms with Gasteiger partial charge in [-0.15, -0.1) is 0 Å². The van der Waals surface area contributed by atoms with Crippen molar-refractivity contribution in [3.8, 4) is 17.2 Å². The lowest BCUT2D eigenvalue weighted by molar-refractivity contribution is -0.225. The van der Waals surface area contributed by atoms with Gasteiger partial charge in [0.1, 0.15) is 6.10 Å². The molecule has 1 aliphatic heterocycles. The largest absolute Gasteiger partial charge is 0.493 e. The van der Waals surface area contributed by atoms with Gasteiger partial charge >= 0.3 is 6.18 Å². The zero-order valence-electron chi connectivity index (χ0n) is 12.4. The number of ether oxygens (including phenoxy) is 5. The summed E-state index contributed by atoms with van der Waals surface area (Å²) in [6, 6.07) is 2.64. The van der Waals surface area contributed by atoms with Gasteiger partial charge in [-0.3, -0.25) is 0 Å². The summed E-state index contributed by atoms with van der Waals surface area (Å²) in [4.78, 5) is 0. The Kier molecular flexibility index (Phi) is 5.02. The van der Waals surface area contributed by atoms with Crippen LogP contribution < -0.4 is 14.2 Å². The highest BCUT2D eigenvalue weighted by molar-refractivity contribution is 5.56. The van der Waals surface area contributed by atoms with E-state index < -0.39 is 12.3 Å². The highest BCUT2D eigenvalue weighted by Gasteiger charge is 2.45. The molecule has 0 aliphatic carbocycles. The van der Waals surface area contributed by atoms with Crippen LogP contribution in [0.3, 0.4) is 0 Å². The zero-order chi connectivity index (χ0) is 16.3. The minimum absolute atomic E-state index is 0.0686. The topological polar surface area (TPSA) is 49.5 Å². The molecule has 0 spiro atoms. The molecule has 0 bridgehead atoms. The van der Waals surface area contributed by atoms with Gasteiger partial charge in [0.15, 0.2) is 17.6 Å². The molecule has 1 aromatic carbocycles. The second-order valence-electron chi connectivity index (χ2n) is 4.63. The molecule has 1 saturated heterocycles. The molecule has 1 aromatic rings. The van der Waals surface area contributed by atoms with E-state index in [0.29, 0.717) is 6.61 Å². The van der Waals surface area contributed by atoms with E-state index in [2.05, 4.69) is 0 Å². The Hall–Kier alpha value is -1.67. The van der Waals surface area contributed by atoms with Crippen molar-refractivity contribution < 1.29 is 36.9 Å². The number of epoxide rings is 1. The molecule has 0 saturated carbocycles. The molecule has 22 heavy (non-hydrogen) atoms. The molecule has 2 rings (SSSR count). The first-order valence-corrected chi connectivity index (χ1v) is 6.51. The van der Waals surface area contributed by atoms with E-state index in [1.54, 1.807) is 0 Å². The van der Waals surface area contributed by atoms with Crippen LogP contribution in [0.25, 0.3) is 0 Å². The van der Waals surface area contributed by atoms with Crippen LogP contribution in [-0.2, 0) is 9.47 Å². The molecule has 0 aromatic heterocycles. The number of alkyl halides is 3. The number of hydrogen-bond acceptors (Lipinski definition) is 5. The maximum absolute atomic E-state index is 13.3. The van der Waals surface area contributed by atoms with E-state index in [9.17, 15) is 13.2 Å². The minimum Gasteiger partial charge on any atom is -0.493 e. The quantitative estimate of drug-likeness (QED) is 0.723. The lowest BCUT2D eigenvalue weighted by Crippen LogP contribution is -2.25. The highest BCUT2D eigenvalue weighted by atomic mass is 19.4. The minimum atomic E-state index is -4.60. The van der Waals surface area contributed by atoms with Gasteiger partial charge in [-0.05, 0) is 12.1 Å². The molecule has 0 N–H and O–H groups in total. The van der Waals surface area contributed by atoms with Crippen molar-refractivity contribution in [3.63, 3.8) is 0 Å². The maximum Gasteiger partial charge on any atom is 0.419 e. The van der Waals surface area contributed by atoms with E-state index >= 15 is 0 Å². The van der Waals surface area contributed by atoms with Crippen molar-refractivity contribution in [3.05, 3.63) is 17.7 Å². The maximum atomic E-state index is 13.3. The predicted molar refractivity (Wildman–Crippen MR) is 70.6 cm³/mol. The first-order valence-electron chi connectivity index (χ1n) is 6.51. The summed E-state index contributed by atoms with van der Waals surface area (Å²) in [5.74, 6) is 0.290. The number of rotatable bonds is 7. The average molecular weight is 322 g/mol. The third-order valence-corrected chi connectivity index (χ3v) is 3.17. The Morgan fingerprint density at radius 3 is 2.23 bits per heavy atom. The van der Waals surface area contributed by atoms with Crippen molar-refractivity contribution in [1.82, 2.24) is 0 Å². The van der Waals surface area contributed by atoms with Gasteiger partial charge in [-0.1, -0.05) is 0 Å². The van der Waals surface area contributed by atoms with Gasteiger partial charge in [0.25, 0.3) is 0 Å². The molecule has 5 nitrogen and oxygen atoms in total. The van der Waals surface area contributed by atoms with Gasteiger partial charge in [0.2, 0.25) is 5.75 Å². The summed E-state index contributed by atoms with van der Waals surface area (Å²) in [5, 5.41) is 0. The van der Waals surface area contributed by atoms with Crippen LogP contribution in [0.15, 0.2) is 12.1 Å². The fraction of sp³-hybridized carbons (Fsp3) is 0.571. The Bertz CT molecular complexity index is 514. The summed E-state index contributed by atoms with van der Waals surface area (Å²) in [5.41, 5.74) is -0.173. The normalized spacial score (nSPS) is 18.7. The summed E-state index contributed by atoms with van der Waals surface area (Å²) in [7, 11) is 3.98. The standard InChI is InChI=1S/C14H17F3O5/c1-18-10-5-4-9(11(19-2)12(10)20-3)13(14(15,16)17)22-7-8-6-21-8/h4-5,8,13H,6-7H2,1-3H3/t8-,13-/m1/s1. The zero-order valence-corrected chi connectivity index (χ0v) is 12.4. The van der Waals surface area contributed by atoms with E-state index in [4.69, 9.17) is 23.7 Å². The number of benzene rings is 1. The summed E-state index contributed by atoms with van der Waals surface area (Å²) in [6.07, 6.45) is -7.01. The summed E-state index contributed by atoms with van der Waals surface area (Å²) in [6.45, 7) is 0.273. The fourth-order valence-corrected chi connectivity index (χ4v) is 2.06. The number of hydrogen-bond donors (Lipinski definition) is 0. The molecule has 2 atom stereocenters. The van der Waals surface area contributed by atoms with Crippen LogP contribution in [0.1, 0.15) is 11.7 Å². The average Bonchev–Trinajstić information content (AvgIpc) is 3.29. The lowest BCUT2D eigenvalue weighted by Gasteiger charge is -2.24. The van der Waals surface area contributed by atoms with Crippen LogP contribution in [0, 0.1) is 0 Å². The molecule has 1 fully saturated rings. The second kappa shape index (κ2) is 6.62. The Morgan fingerprint density at radius 1 is 1.14 bits per heavy atom. The second-order valence-corrected chi connectivity index (χ2v) is 4.63. The Labute approximate surface area is 125 Å². The number of halogens is 3. The third kappa shape index (κ3) is 3.56. The van der Waals surface area contributed by atoms with Crippen molar-refractivity contribution in [2.75, 3.05) is 34.5 Å². The third-order valence-electron chi connectivity index (χ3n) is 3.17. The molecule has 8 heteroatoms. The smallest absolute Gasteiger partial charge is 0.419 e. The van der Waals surface area contributed by atoms with Gasteiger partial charge in [0, 0.05) is 5.56 Å². The first-order chi connectivity index (χ1) is 10.4.